The highest BCUT2D eigenvalue weighted by atomic mass is 19.1. The lowest BCUT2D eigenvalue weighted by atomic mass is 10.0. The highest BCUT2D eigenvalue weighted by Crippen LogP contribution is 2.36. The summed E-state index contributed by atoms with van der Waals surface area (Å²) in [6.07, 6.45) is 14.7. The number of likely N-dealkylation sites (N-methyl/N-ethyl adjacent to an activating group) is 3. The van der Waals surface area contributed by atoms with Crippen molar-refractivity contribution >= 4 is 71.6 Å². The molecule has 534 valence electrons. The molecule has 6 N–H and O–H groups in total. The summed E-state index contributed by atoms with van der Waals surface area (Å²) in [4.78, 5) is 134. The highest BCUT2D eigenvalue weighted by Gasteiger charge is 2.34. The van der Waals surface area contributed by atoms with Crippen LogP contribution in [-0.4, -0.2) is 206 Å². The molecule has 0 spiro atoms. The zero-order chi connectivity index (χ0) is 71.8. The van der Waals surface area contributed by atoms with Crippen molar-refractivity contribution in [1.82, 2.24) is 54.7 Å². The number of aromatic nitrogens is 4. The molecule has 5 aromatic rings. The smallest absolute Gasteiger partial charge is 0.410 e. The molecule has 0 atom stereocenters. The molecule has 7 amide bonds. The van der Waals surface area contributed by atoms with E-state index in [9.17, 15) is 47.5 Å². The Morgan fingerprint density at radius 1 is 0.582 bits per heavy atom. The topological polar surface area (TPSA) is 279 Å². The fraction of sp³-hybridized carbons (Fsp3) is 0.554. The third-order valence-electron chi connectivity index (χ3n) is 18.2. The maximum absolute atomic E-state index is 13.7. The van der Waals surface area contributed by atoms with Gasteiger partial charge in [-0.15, -0.1) is 0 Å². The van der Waals surface area contributed by atoms with E-state index >= 15 is 0 Å². The van der Waals surface area contributed by atoms with Crippen molar-refractivity contribution in [3.8, 4) is 0 Å². The molecule has 23 nitrogen and oxygen atoms in total. The van der Waals surface area contributed by atoms with Crippen LogP contribution in [0.1, 0.15) is 233 Å². The number of rotatable bonds is 19. The molecule has 10 rings (SSSR count). The van der Waals surface area contributed by atoms with Gasteiger partial charge in [0.1, 0.15) is 17.0 Å². The number of aromatic amines is 4. The predicted molar refractivity (Wildman–Crippen MR) is 378 cm³/mol. The summed E-state index contributed by atoms with van der Waals surface area (Å²) in [5, 5.41) is 6.02. The summed E-state index contributed by atoms with van der Waals surface area (Å²) in [7, 11) is 0. The summed E-state index contributed by atoms with van der Waals surface area (Å²) >= 11 is 0. The van der Waals surface area contributed by atoms with E-state index in [-0.39, 0.29) is 41.7 Å². The third-order valence-corrected chi connectivity index (χ3v) is 18.2. The van der Waals surface area contributed by atoms with Crippen LogP contribution >= 0.6 is 0 Å². The number of H-pyrrole nitrogens is 4. The van der Waals surface area contributed by atoms with Crippen LogP contribution in [0.3, 0.4) is 0 Å². The Morgan fingerprint density at radius 2 is 1.01 bits per heavy atom. The van der Waals surface area contributed by atoms with Crippen molar-refractivity contribution in [2.45, 2.75) is 179 Å². The van der Waals surface area contributed by atoms with Gasteiger partial charge in [0.15, 0.2) is 12.6 Å². The van der Waals surface area contributed by atoms with E-state index in [4.69, 9.17) is 9.47 Å². The van der Waals surface area contributed by atoms with Crippen LogP contribution in [-0.2, 0) is 40.0 Å². The molecule has 5 aliphatic rings. The molecular weight excluding hydrogens is 1250 g/mol. The first kappa shape index (κ1) is 76.6. The molecule has 5 aliphatic heterocycles. The van der Waals surface area contributed by atoms with Gasteiger partial charge in [0.05, 0.1) is 39.2 Å². The van der Waals surface area contributed by atoms with Crippen LogP contribution in [0.2, 0.25) is 0 Å². The lowest BCUT2D eigenvalue weighted by molar-refractivity contribution is -0.110. The molecule has 0 bridgehead atoms. The molecular formula is C74H105FN12O11. The average molecular weight is 1360 g/mol. The standard InChI is InChI=1S/C22H25FN4O2.C19H29N3O4.C18H29N3O3.C15H22N2O2/c1-3-24-8-10-27-9-4-5-18-20(22(27)29)13(2)19(25-18)12-16-15-11-14(23)6-7-17(15)26-21(16)28;1-6-21(18(25)26-19(3,4)5)10-11-22-9-7-8-14-16(17(22)24)13(2)15(12-23)20-14;1-6-20(17(23)24-18(3,4)5)10-11-21-9-7-8-14-15(16(21)22)13(2)12-19-14;1-3-4-5-8-17-9-6-7-12-14(15(17)19)11(2)13(10-18)16-12/h6-7,11-12,24-25H,3-5,8-10H2,1-2H3,(H,26,28);12,20H,6-11H2,1-5H3;12,19H,6-11H2,1-5H3;10,16H,3-9H2,1-2H3/b16-12-;;;. The van der Waals surface area contributed by atoms with Gasteiger partial charge in [-0.3, -0.25) is 33.6 Å². The van der Waals surface area contributed by atoms with Crippen LogP contribution in [0, 0.1) is 33.5 Å². The number of aryl methyl sites for hydroxylation is 5. The molecule has 98 heavy (non-hydrogen) atoms. The maximum Gasteiger partial charge on any atom is 0.410 e. The van der Waals surface area contributed by atoms with E-state index in [0.29, 0.717) is 104 Å². The van der Waals surface area contributed by atoms with Gasteiger partial charge in [0.25, 0.3) is 29.5 Å². The molecule has 1 aromatic carbocycles. The Morgan fingerprint density at radius 3 is 1.45 bits per heavy atom. The van der Waals surface area contributed by atoms with E-state index < -0.39 is 17.0 Å². The van der Waals surface area contributed by atoms with Crippen molar-refractivity contribution in [2.24, 2.45) is 0 Å². The summed E-state index contributed by atoms with van der Waals surface area (Å²) in [6.45, 7) is 35.5. The van der Waals surface area contributed by atoms with Crippen LogP contribution in [0.15, 0.2) is 24.4 Å². The average Bonchev–Trinajstić information content (AvgIpc) is 1.63. The first-order valence-electron chi connectivity index (χ1n) is 35.0. The van der Waals surface area contributed by atoms with E-state index in [1.54, 1.807) is 33.8 Å². The second-order valence-electron chi connectivity index (χ2n) is 27.6. The zero-order valence-corrected chi connectivity index (χ0v) is 60.3. The summed E-state index contributed by atoms with van der Waals surface area (Å²) < 4.78 is 24.5. The lowest BCUT2D eigenvalue weighted by Gasteiger charge is -2.29. The second-order valence-corrected chi connectivity index (χ2v) is 27.6. The van der Waals surface area contributed by atoms with E-state index in [1.807, 2.05) is 104 Å². The number of benzene rings is 1. The normalized spacial score (nSPS) is 15.7. The Balaban J connectivity index is 0.000000186. The number of hydrogen-bond donors (Lipinski definition) is 6. The minimum atomic E-state index is -0.550. The van der Waals surface area contributed by atoms with Crippen molar-refractivity contribution in [2.75, 3.05) is 96.9 Å². The summed E-state index contributed by atoms with van der Waals surface area (Å²) in [6, 6.07) is 4.24. The Bertz CT molecular complexity index is 3710. The number of carbonyl (C=O) groups excluding carboxylic acids is 9. The molecule has 0 saturated carbocycles. The largest absolute Gasteiger partial charge is 0.444 e. The van der Waals surface area contributed by atoms with Gasteiger partial charge in [-0.1, -0.05) is 26.7 Å². The van der Waals surface area contributed by atoms with E-state index in [1.165, 1.54) is 12.1 Å². The molecule has 0 saturated heterocycles. The summed E-state index contributed by atoms with van der Waals surface area (Å²) in [5.74, 6) is -0.576. The first-order valence-corrected chi connectivity index (χ1v) is 35.0. The molecule has 0 fully saturated rings. The van der Waals surface area contributed by atoms with Crippen molar-refractivity contribution in [3.05, 3.63) is 120 Å². The third kappa shape index (κ3) is 19.3. The second kappa shape index (κ2) is 34.6. The number of halogens is 1. The molecule has 0 aliphatic carbocycles. The van der Waals surface area contributed by atoms with E-state index in [2.05, 4.69) is 37.5 Å². The fourth-order valence-corrected chi connectivity index (χ4v) is 12.9. The number of anilines is 1. The number of nitrogens with zero attached hydrogens (tertiary/aromatic N) is 6. The molecule has 4 aromatic heterocycles. The van der Waals surface area contributed by atoms with Crippen molar-refractivity contribution < 1.29 is 57.0 Å². The lowest BCUT2D eigenvalue weighted by Crippen LogP contribution is -2.43. The van der Waals surface area contributed by atoms with Gasteiger partial charge in [-0.05, 0) is 194 Å². The van der Waals surface area contributed by atoms with Gasteiger partial charge < -0.3 is 69.4 Å². The number of carbonyl (C=O) groups is 9. The minimum absolute atomic E-state index is 0.0242. The van der Waals surface area contributed by atoms with Gasteiger partial charge in [-0.2, -0.15) is 0 Å². The van der Waals surface area contributed by atoms with Gasteiger partial charge in [0.2, 0.25) is 0 Å². The summed E-state index contributed by atoms with van der Waals surface area (Å²) in [5.41, 5.74) is 12.1. The maximum atomic E-state index is 13.7. The monoisotopic (exact) mass is 1360 g/mol. The van der Waals surface area contributed by atoms with Crippen LogP contribution in [0.5, 0.6) is 0 Å². The number of nitrogens with one attached hydrogen (secondary N) is 6. The van der Waals surface area contributed by atoms with Crippen LogP contribution in [0.4, 0.5) is 19.7 Å². The van der Waals surface area contributed by atoms with Gasteiger partial charge >= 0.3 is 12.2 Å². The Hall–Kier alpha value is -8.80. The van der Waals surface area contributed by atoms with Crippen molar-refractivity contribution in [3.63, 3.8) is 0 Å². The first-order chi connectivity index (χ1) is 46.6. The number of ether oxygens (including phenoxy) is 2. The Kier molecular flexibility index (Phi) is 27.0. The minimum Gasteiger partial charge on any atom is -0.444 e. The van der Waals surface area contributed by atoms with Crippen molar-refractivity contribution in [1.29, 1.82) is 0 Å². The number of fused-ring (bicyclic) bond motifs is 5. The SMILES string of the molecule is CCCCCN1CCCc2[nH]c(C=O)c(C)c2C1=O.CCN(CCN1CCCc2[nH]c(C=O)c(C)c2C1=O)C(=O)OC(C)(C)C.CCN(CCN1CCCc2[nH]cc(C)c2C1=O)C(=O)OC(C)(C)C.CCNCCN1CCCc2[nH]c(/C=C3\C(=O)Nc4ccc(F)cc43)c(C)c2C1=O. The van der Waals surface area contributed by atoms with E-state index in [0.717, 1.165) is 172 Å². The number of amides is 7. The fourth-order valence-electron chi connectivity index (χ4n) is 12.9. The number of aldehydes is 2. The molecule has 0 unspecified atom stereocenters. The highest BCUT2D eigenvalue weighted by molar-refractivity contribution is 6.35. The van der Waals surface area contributed by atoms with Crippen LogP contribution < -0.4 is 10.6 Å². The molecule has 9 heterocycles. The van der Waals surface area contributed by atoms with Gasteiger partial charge in [0, 0.05) is 131 Å². The quantitative estimate of drug-likeness (QED) is 0.0256. The molecule has 0 radical (unpaired) electrons. The van der Waals surface area contributed by atoms with Gasteiger partial charge in [-0.25, -0.2) is 14.0 Å². The Labute approximate surface area is 576 Å². The molecule has 24 heteroatoms. The zero-order valence-electron chi connectivity index (χ0n) is 60.3. The number of unbranched alkanes of at least 4 members (excludes halogenated alkanes) is 2. The van der Waals surface area contributed by atoms with Crippen LogP contribution in [0.25, 0.3) is 11.6 Å². The predicted octanol–water partition coefficient (Wildman–Crippen LogP) is 11.4. The number of hydrogen-bond acceptors (Lipinski definition) is 12.